The zero-order valence-electron chi connectivity index (χ0n) is 13.7. The highest BCUT2D eigenvalue weighted by Gasteiger charge is 2.24. The summed E-state index contributed by atoms with van der Waals surface area (Å²) in [5.41, 5.74) is 1.85. The number of hydrogen-bond acceptors (Lipinski definition) is 3. The molecule has 1 atom stereocenters. The Hall–Kier alpha value is -2.43. The van der Waals surface area contributed by atoms with Crippen molar-refractivity contribution in [3.8, 4) is 5.88 Å². The second-order valence-corrected chi connectivity index (χ2v) is 6.15. The average molecular weight is 328 g/mol. The van der Waals surface area contributed by atoms with Crippen LogP contribution >= 0.6 is 0 Å². The van der Waals surface area contributed by atoms with Crippen molar-refractivity contribution in [3.63, 3.8) is 0 Å². The monoisotopic (exact) mass is 328 g/mol. The van der Waals surface area contributed by atoms with Crippen LogP contribution in [0.25, 0.3) is 0 Å². The van der Waals surface area contributed by atoms with E-state index in [1.807, 2.05) is 30.0 Å². The molecule has 0 saturated carbocycles. The van der Waals surface area contributed by atoms with Crippen LogP contribution in [0.3, 0.4) is 0 Å². The van der Waals surface area contributed by atoms with Crippen molar-refractivity contribution in [1.82, 2.24) is 9.88 Å². The lowest BCUT2D eigenvalue weighted by atomic mass is 9.99. The van der Waals surface area contributed by atoms with Gasteiger partial charge in [0.15, 0.2) is 0 Å². The van der Waals surface area contributed by atoms with Crippen LogP contribution in [0.15, 0.2) is 42.6 Å². The molecule has 0 fully saturated rings. The summed E-state index contributed by atoms with van der Waals surface area (Å²) in [5.74, 6) is 0.360. The molecule has 0 N–H and O–H groups in total. The van der Waals surface area contributed by atoms with Crippen LogP contribution in [-0.4, -0.2) is 28.9 Å². The molecular formula is C19H21FN2O2. The molecule has 24 heavy (non-hydrogen) atoms. The van der Waals surface area contributed by atoms with E-state index in [0.717, 1.165) is 11.1 Å². The number of pyridine rings is 1. The molecular weight excluding hydrogens is 307 g/mol. The highest BCUT2D eigenvalue weighted by molar-refractivity contribution is 5.78. The second kappa shape index (κ2) is 7.43. The Morgan fingerprint density at radius 2 is 2.25 bits per heavy atom. The van der Waals surface area contributed by atoms with Crippen LogP contribution in [0.4, 0.5) is 4.39 Å². The number of aryl methyl sites for hydroxylation is 1. The lowest BCUT2D eigenvalue weighted by molar-refractivity contribution is -0.135. The van der Waals surface area contributed by atoms with Gasteiger partial charge >= 0.3 is 0 Å². The predicted molar refractivity (Wildman–Crippen MR) is 89.0 cm³/mol. The van der Waals surface area contributed by atoms with Crippen molar-refractivity contribution in [2.45, 2.75) is 26.3 Å². The zero-order valence-corrected chi connectivity index (χ0v) is 13.7. The molecule has 3 rings (SSSR count). The summed E-state index contributed by atoms with van der Waals surface area (Å²) < 4.78 is 18.8. The third-order valence-electron chi connectivity index (χ3n) is 4.30. The van der Waals surface area contributed by atoms with Crippen LogP contribution in [0.1, 0.15) is 24.5 Å². The number of aromatic nitrogens is 1. The number of ether oxygens (including phenoxy) is 1. The van der Waals surface area contributed by atoms with E-state index in [4.69, 9.17) is 4.74 Å². The molecule has 1 aliphatic rings. The number of amides is 1. The summed E-state index contributed by atoms with van der Waals surface area (Å²) in [5, 5.41) is 0. The Morgan fingerprint density at radius 3 is 3.08 bits per heavy atom. The lowest BCUT2D eigenvalue weighted by Gasteiger charge is -2.23. The van der Waals surface area contributed by atoms with Gasteiger partial charge < -0.3 is 9.64 Å². The maximum atomic E-state index is 13.2. The molecule has 2 aromatic rings. The Morgan fingerprint density at radius 1 is 1.38 bits per heavy atom. The SMILES string of the molecule is CC(CCc1cccc(F)c1)C(=O)N1CCOc2ncccc2C1. The fourth-order valence-electron chi connectivity index (χ4n) is 2.91. The zero-order chi connectivity index (χ0) is 16.9. The molecule has 0 aliphatic carbocycles. The van der Waals surface area contributed by atoms with Crippen LogP contribution in [0.2, 0.25) is 0 Å². The molecule has 1 amide bonds. The topological polar surface area (TPSA) is 42.4 Å². The minimum atomic E-state index is -0.236. The lowest BCUT2D eigenvalue weighted by Crippen LogP contribution is -2.36. The summed E-state index contributed by atoms with van der Waals surface area (Å²) in [7, 11) is 0. The molecule has 2 heterocycles. The third kappa shape index (κ3) is 3.91. The number of hydrogen-bond donors (Lipinski definition) is 0. The highest BCUT2D eigenvalue weighted by atomic mass is 19.1. The maximum Gasteiger partial charge on any atom is 0.225 e. The van der Waals surface area contributed by atoms with E-state index in [-0.39, 0.29) is 17.6 Å². The van der Waals surface area contributed by atoms with E-state index in [0.29, 0.717) is 38.4 Å². The predicted octanol–water partition coefficient (Wildman–Crippen LogP) is 3.21. The molecule has 4 nitrogen and oxygen atoms in total. The molecule has 5 heteroatoms. The number of carbonyl (C=O) groups excluding carboxylic acids is 1. The third-order valence-corrected chi connectivity index (χ3v) is 4.30. The number of nitrogens with zero attached hydrogens (tertiary/aromatic N) is 2. The normalized spacial score (nSPS) is 15.2. The van der Waals surface area contributed by atoms with Gasteiger partial charge in [-0.25, -0.2) is 9.37 Å². The molecule has 0 spiro atoms. The van der Waals surface area contributed by atoms with Crippen molar-refractivity contribution in [2.24, 2.45) is 5.92 Å². The van der Waals surface area contributed by atoms with Gasteiger partial charge in [0.25, 0.3) is 0 Å². The van der Waals surface area contributed by atoms with Crippen LogP contribution < -0.4 is 4.74 Å². The van der Waals surface area contributed by atoms with Gasteiger partial charge in [-0.2, -0.15) is 0 Å². The molecule has 0 bridgehead atoms. The van der Waals surface area contributed by atoms with E-state index >= 15 is 0 Å². The van der Waals surface area contributed by atoms with E-state index in [1.165, 1.54) is 12.1 Å². The first kappa shape index (κ1) is 16.4. The smallest absolute Gasteiger partial charge is 0.225 e. The van der Waals surface area contributed by atoms with Crippen LogP contribution in [0, 0.1) is 11.7 Å². The Labute approximate surface area is 141 Å². The standard InChI is InChI=1S/C19H21FN2O2/c1-14(7-8-15-4-2-6-17(20)12-15)19(23)22-10-11-24-18-16(13-22)5-3-9-21-18/h2-6,9,12,14H,7-8,10-11,13H2,1H3. The quantitative estimate of drug-likeness (QED) is 0.865. The molecule has 0 radical (unpaired) electrons. The van der Waals surface area contributed by atoms with Gasteiger partial charge in [0, 0.05) is 17.7 Å². The van der Waals surface area contributed by atoms with Crippen molar-refractivity contribution in [1.29, 1.82) is 0 Å². The summed E-state index contributed by atoms with van der Waals surface area (Å²) in [6, 6.07) is 10.3. The van der Waals surface area contributed by atoms with Gasteiger partial charge in [0.05, 0.1) is 13.1 Å². The number of benzene rings is 1. The fraction of sp³-hybridized carbons (Fsp3) is 0.368. The first-order valence-corrected chi connectivity index (χ1v) is 8.23. The van der Waals surface area contributed by atoms with E-state index in [2.05, 4.69) is 4.98 Å². The molecule has 0 saturated heterocycles. The molecule has 1 unspecified atom stereocenters. The van der Waals surface area contributed by atoms with Crippen LogP contribution in [0.5, 0.6) is 5.88 Å². The van der Waals surface area contributed by atoms with Gasteiger partial charge in [-0.3, -0.25) is 4.79 Å². The van der Waals surface area contributed by atoms with Gasteiger partial charge in [-0.1, -0.05) is 25.1 Å². The highest BCUT2D eigenvalue weighted by Crippen LogP contribution is 2.22. The number of carbonyl (C=O) groups is 1. The molecule has 126 valence electrons. The van der Waals surface area contributed by atoms with E-state index < -0.39 is 0 Å². The average Bonchev–Trinajstić information content (AvgIpc) is 2.81. The molecule has 1 aromatic carbocycles. The van der Waals surface area contributed by atoms with Crippen molar-refractivity contribution < 1.29 is 13.9 Å². The largest absolute Gasteiger partial charge is 0.476 e. The van der Waals surface area contributed by atoms with Gasteiger partial charge in [-0.15, -0.1) is 0 Å². The Bertz CT molecular complexity index is 720. The number of halogens is 1. The Kier molecular flexibility index (Phi) is 5.08. The summed E-state index contributed by atoms with van der Waals surface area (Å²) in [6.45, 7) is 3.45. The summed E-state index contributed by atoms with van der Waals surface area (Å²) in [6.07, 6.45) is 3.07. The van der Waals surface area contributed by atoms with Crippen molar-refractivity contribution in [2.75, 3.05) is 13.2 Å². The van der Waals surface area contributed by atoms with E-state index in [1.54, 1.807) is 12.3 Å². The molecule has 1 aromatic heterocycles. The van der Waals surface area contributed by atoms with E-state index in [9.17, 15) is 9.18 Å². The number of fused-ring (bicyclic) bond motifs is 1. The van der Waals surface area contributed by atoms with Gasteiger partial charge in [0.2, 0.25) is 11.8 Å². The first-order valence-electron chi connectivity index (χ1n) is 8.23. The summed E-state index contributed by atoms with van der Waals surface area (Å²) >= 11 is 0. The fourth-order valence-corrected chi connectivity index (χ4v) is 2.91. The molecule has 1 aliphatic heterocycles. The second-order valence-electron chi connectivity index (χ2n) is 6.15. The van der Waals surface area contributed by atoms with Crippen molar-refractivity contribution in [3.05, 3.63) is 59.5 Å². The minimum absolute atomic E-state index is 0.103. The number of rotatable bonds is 4. The first-order chi connectivity index (χ1) is 11.6. The Balaban J connectivity index is 1.61. The van der Waals surface area contributed by atoms with Crippen LogP contribution in [-0.2, 0) is 17.8 Å². The van der Waals surface area contributed by atoms with Gasteiger partial charge in [0.1, 0.15) is 12.4 Å². The van der Waals surface area contributed by atoms with Crippen molar-refractivity contribution >= 4 is 5.91 Å². The van der Waals surface area contributed by atoms with Gasteiger partial charge in [-0.05, 0) is 36.6 Å². The maximum absolute atomic E-state index is 13.2. The summed E-state index contributed by atoms with van der Waals surface area (Å²) in [4.78, 5) is 18.8. The minimum Gasteiger partial charge on any atom is -0.476 e.